The van der Waals surface area contributed by atoms with E-state index >= 15 is 0 Å². The van der Waals surface area contributed by atoms with E-state index in [1.165, 1.54) is 12.1 Å². The van der Waals surface area contributed by atoms with Gasteiger partial charge in [-0.1, -0.05) is 12.1 Å². The molecule has 0 spiro atoms. The van der Waals surface area contributed by atoms with Crippen LogP contribution in [0.2, 0.25) is 0 Å². The summed E-state index contributed by atoms with van der Waals surface area (Å²) in [6, 6.07) is 12.5. The van der Waals surface area contributed by atoms with Crippen molar-refractivity contribution in [2.45, 2.75) is 12.8 Å². The molecule has 1 aliphatic carbocycles. The Morgan fingerprint density at radius 1 is 1.04 bits per heavy atom. The van der Waals surface area contributed by atoms with E-state index in [9.17, 15) is 14.0 Å². The quantitative estimate of drug-likeness (QED) is 0.618. The first-order chi connectivity index (χ1) is 12.1. The maximum absolute atomic E-state index is 13.4. The Hall–Kier alpha value is -2.89. The van der Waals surface area contributed by atoms with Gasteiger partial charge in [-0.05, 0) is 49.2 Å². The Labute approximate surface area is 144 Å². The highest BCUT2D eigenvalue weighted by molar-refractivity contribution is 5.95. The fourth-order valence-electron chi connectivity index (χ4n) is 2.21. The van der Waals surface area contributed by atoms with Crippen molar-refractivity contribution in [3.63, 3.8) is 0 Å². The lowest BCUT2D eigenvalue weighted by atomic mass is 10.2. The van der Waals surface area contributed by atoms with E-state index in [1.807, 2.05) is 0 Å². The number of ether oxygens (including phenoxy) is 2. The molecule has 2 aromatic rings. The van der Waals surface area contributed by atoms with Crippen LogP contribution in [0.15, 0.2) is 48.5 Å². The van der Waals surface area contributed by atoms with Gasteiger partial charge in [0.25, 0.3) is 0 Å². The fraction of sp³-hybridized carbons (Fsp3) is 0.263. The van der Waals surface area contributed by atoms with E-state index in [2.05, 4.69) is 5.32 Å². The van der Waals surface area contributed by atoms with Crippen LogP contribution >= 0.6 is 0 Å². The number of carbonyl (C=O) groups is 2. The summed E-state index contributed by atoms with van der Waals surface area (Å²) in [6.07, 6.45) is 1.87. The topological polar surface area (TPSA) is 64.6 Å². The maximum Gasteiger partial charge on any atom is 0.338 e. The molecule has 25 heavy (non-hydrogen) atoms. The van der Waals surface area contributed by atoms with Gasteiger partial charge in [0.15, 0.2) is 11.6 Å². The maximum atomic E-state index is 13.4. The van der Waals surface area contributed by atoms with Crippen LogP contribution in [-0.4, -0.2) is 25.1 Å². The van der Waals surface area contributed by atoms with Gasteiger partial charge in [-0.2, -0.15) is 0 Å². The smallest absolute Gasteiger partial charge is 0.338 e. The lowest BCUT2D eigenvalue weighted by Crippen LogP contribution is -2.14. The van der Waals surface area contributed by atoms with Gasteiger partial charge in [-0.15, -0.1) is 0 Å². The van der Waals surface area contributed by atoms with Crippen LogP contribution in [0.1, 0.15) is 23.2 Å². The molecule has 0 aromatic heterocycles. The van der Waals surface area contributed by atoms with Gasteiger partial charge in [0, 0.05) is 11.6 Å². The summed E-state index contributed by atoms with van der Waals surface area (Å²) in [5.74, 6) is -0.705. The molecule has 3 rings (SSSR count). The first-order valence-electron chi connectivity index (χ1n) is 8.09. The zero-order valence-electron chi connectivity index (χ0n) is 13.5. The highest BCUT2D eigenvalue weighted by Crippen LogP contribution is 2.30. The van der Waals surface area contributed by atoms with Crippen LogP contribution in [0, 0.1) is 11.7 Å². The minimum absolute atomic E-state index is 0.00728. The van der Waals surface area contributed by atoms with Crippen molar-refractivity contribution in [1.82, 2.24) is 0 Å². The molecule has 1 aliphatic rings. The number of benzene rings is 2. The number of rotatable bonds is 7. The van der Waals surface area contributed by atoms with Crippen molar-refractivity contribution in [3.05, 3.63) is 59.9 Å². The van der Waals surface area contributed by atoms with E-state index in [4.69, 9.17) is 9.47 Å². The number of halogens is 1. The molecule has 130 valence electrons. The molecule has 0 atom stereocenters. The summed E-state index contributed by atoms with van der Waals surface area (Å²) >= 11 is 0. The standard InChI is InChI=1S/C19H18FNO4/c20-16-3-1-2-4-17(16)24-11-12-25-19(23)14-7-9-15(10-8-14)21-18(22)13-5-6-13/h1-4,7-10,13H,5-6,11-12H2,(H,21,22). The summed E-state index contributed by atoms with van der Waals surface area (Å²) in [5, 5.41) is 2.80. The zero-order chi connectivity index (χ0) is 17.6. The first kappa shape index (κ1) is 17.0. The van der Waals surface area contributed by atoms with Crippen LogP contribution < -0.4 is 10.1 Å². The van der Waals surface area contributed by atoms with Gasteiger partial charge < -0.3 is 14.8 Å². The summed E-state index contributed by atoms with van der Waals surface area (Å²) < 4.78 is 23.7. The molecule has 1 amide bonds. The summed E-state index contributed by atoms with van der Waals surface area (Å²) in [4.78, 5) is 23.6. The van der Waals surface area contributed by atoms with Crippen LogP contribution in [0.25, 0.3) is 0 Å². The molecule has 6 heteroatoms. The van der Waals surface area contributed by atoms with Crippen LogP contribution in [0.4, 0.5) is 10.1 Å². The third-order valence-corrected chi connectivity index (χ3v) is 3.75. The van der Waals surface area contributed by atoms with Gasteiger partial charge >= 0.3 is 5.97 Å². The molecular formula is C19H18FNO4. The third kappa shape index (κ3) is 4.79. The second kappa shape index (κ2) is 7.79. The predicted octanol–water partition coefficient (Wildman–Crippen LogP) is 3.41. The highest BCUT2D eigenvalue weighted by Gasteiger charge is 2.29. The minimum Gasteiger partial charge on any atom is -0.487 e. The van der Waals surface area contributed by atoms with E-state index in [-0.39, 0.29) is 30.8 Å². The lowest BCUT2D eigenvalue weighted by Gasteiger charge is -2.09. The third-order valence-electron chi connectivity index (χ3n) is 3.75. The number of para-hydroxylation sites is 1. The van der Waals surface area contributed by atoms with Gasteiger partial charge in [-0.25, -0.2) is 9.18 Å². The molecule has 1 fully saturated rings. The van der Waals surface area contributed by atoms with E-state index in [1.54, 1.807) is 36.4 Å². The van der Waals surface area contributed by atoms with E-state index in [0.29, 0.717) is 11.3 Å². The zero-order valence-corrected chi connectivity index (χ0v) is 13.5. The Balaban J connectivity index is 1.43. The molecule has 1 N–H and O–H groups in total. The molecule has 0 saturated heterocycles. The van der Waals surface area contributed by atoms with Gasteiger partial charge in [0.1, 0.15) is 13.2 Å². The Morgan fingerprint density at radius 3 is 2.44 bits per heavy atom. The number of hydrogen-bond acceptors (Lipinski definition) is 4. The molecule has 1 saturated carbocycles. The van der Waals surface area contributed by atoms with E-state index < -0.39 is 11.8 Å². The number of esters is 1. The molecule has 0 aliphatic heterocycles. The summed E-state index contributed by atoms with van der Waals surface area (Å²) in [6.45, 7) is 0.0650. The molecule has 2 aromatic carbocycles. The van der Waals surface area contributed by atoms with Crippen molar-refractivity contribution in [1.29, 1.82) is 0 Å². The monoisotopic (exact) mass is 343 g/mol. The minimum atomic E-state index is -0.503. The molecule has 5 nitrogen and oxygen atoms in total. The van der Waals surface area contributed by atoms with Gasteiger partial charge in [-0.3, -0.25) is 4.79 Å². The van der Waals surface area contributed by atoms with Gasteiger partial charge in [0.2, 0.25) is 5.91 Å². The second-order valence-corrected chi connectivity index (χ2v) is 5.76. The predicted molar refractivity (Wildman–Crippen MR) is 90.0 cm³/mol. The molecule has 0 bridgehead atoms. The van der Waals surface area contributed by atoms with Crippen LogP contribution in [-0.2, 0) is 9.53 Å². The van der Waals surface area contributed by atoms with Crippen molar-refractivity contribution in [2.24, 2.45) is 5.92 Å². The molecule has 0 radical (unpaired) electrons. The van der Waals surface area contributed by atoms with Gasteiger partial charge in [0.05, 0.1) is 5.56 Å². The van der Waals surface area contributed by atoms with Crippen molar-refractivity contribution >= 4 is 17.6 Å². The van der Waals surface area contributed by atoms with Crippen LogP contribution in [0.5, 0.6) is 5.75 Å². The Kier molecular flexibility index (Phi) is 5.28. The fourth-order valence-corrected chi connectivity index (χ4v) is 2.21. The molecule has 0 unspecified atom stereocenters. The first-order valence-corrected chi connectivity index (χ1v) is 8.09. The SMILES string of the molecule is O=C(OCCOc1ccccc1F)c1ccc(NC(=O)C2CC2)cc1. The average molecular weight is 343 g/mol. The van der Waals surface area contributed by atoms with Crippen molar-refractivity contribution < 1.29 is 23.5 Å². The second-order valence-electron chi connectivity index (χ2n) is 5.76. The highest BCUT2D eigenvalue weighted by atomic mass is 19.1. The Bertz CT molecular complexity index is 756. The molecule has 0 heterocycles. The summed E-state index contributed by atoms with van der Waals surface area (Å²) in [7, 11) is 0. The number of amides is 1. The number of hydrogen-bond donors (Lipinski definition) is 1. The van der Waals surface area contributed by atoms with E-state index in [0.717, 1.165) is 12.8 Å². The number of nitrogens with one attached hydrogen (secondary N) is 1. The summed E-state index contributed by atoms with van der Waals surface area (Å²) in [5.41, 5.74) is 1.02. The average Bonchev–Trinajstić information content (AvgIpc) is 3.46. The number of carbonyl (C=O) groups excluding carboxylic acids is 2. The largest absolute Gasteiger partial charge is 0.487 e. The van der Waals surface area contributed by atoms with Crippen molar-refractivity contribution in [3.8, 4) is 5.75 Å². The lowest BCUT2D eigenvalue weighted by molar-refractivity contribution is -0.117. The van der Waals surface area contributed by atoms with Crippen LogP contribution in [0.3, 0.4) is 0 Å². The van der Waals surface area contributed by atoms with Crippen molar-refractivity contribution in [2.75, 3.05) is 18.5 Å². The number of anilines is 1. The normalized spacial score (nSPS) is 13.2. The Morgan fingerprint density at radius 2 is 1.76 bits per heavy atom. The molecular weight excluding hydrogens is 325 g/mol.